The second-order valence-corrected chi connectivity index (χ2v) is 5.15. The average molecular weight is 343 g/mol. The molecule has 0 radical (unpaired) electrons. The quantitative estimate of drug-likeness (QED) is 0.513. The number of nitro groups is 1. The van der Waals surface area contributed by atoms with E-state index in [0.29, 0.717) is 5.65 Å². The van der Waals surface area contributed by atoms with Gasteiger partial charge in [0, 0.05) is 24.4 Å². The number of rotatable bonds is 5. The van der Waals surface area contributed by atoms with E-state index in [2.05, 4.69) is 10.4 Å². The zero-order valence-electron chi connectivity index (χ0n) is 12.8. The van der Waals surface area contributed by atoms with Crippen LogP contribution in [0.25, 0.3) is 5.65 Å². The topological polar surface area (TPSA) is 132 Å². The van der Waals surface area contributed by atoms with Crippen molar-refractivity contribution in [2.75, 3.05) is 6.54 Å². The van der Waals surface area contributed by atoms with Gasteiger partial charge < -0.3 is 10.4 Å². The molecule has 0 saturated heterocycles. The Morgan fingerprint density at radius 3 is 2.80 bits per heavy atom. The summed E-state index contributed by atoms with van der Waals surface area (Å²) in [6, 6.07) is 8.47. The molecule has 0 aliphatic heterocycles. The summed E-state index contributed by atoms with van der Waals surface area (Å²) in [5.41, 5.74) is -0.227. The summed E-state index contributed by atoms with van der Waals surface area (Å²) < 4.78 is 2.61. The highest BCUT2D eigenvalue weighted by molar-refractivity contribution is 5.95. The van der Waals surface area contributed by atoms with Gasteiger partial charge in [0.05, 0.1) is 11.5 Å². The lowest BCUT2D eigenvalue weighted by Crippen LogP contribution is -2.31. The highest BCUT2D eigenvalue weighted by atomic mass is 16.6. The van der Waals surface area contributed by atoms with Gasteiger partial charge in [-0.15, -0.1) is 5.10 Å². The number of hydrogen-bond donors (Lipinski definition) is 2. The standard InChI is InChI=1S/C15H13N5O5/c21-12-9-10(4-5-11(12)20(24)25)14(22)16-6-8-19-15(23)18-7-2-1-3-13(18)17-19/h1-5,7,9,21H,6,8H2,(H,16,22). The van der Waals surface area contributed by atoms with Gasteiger partial charge in [-0.1, -0.05) is 6.07 Å². The molecule has 2 heterocycles. The highest BCUT2D eigenvalue weighted by Crippen LogP contribution is 2.26. The predicted molar refractivity (Wildman–Crippen MR) is 86.5 cm³/mol. The second-order valence-electron chi connectivity index (χ2n) is 5.15. The Morgan fingerprint density at radius 2 is 2.12 bits per heavy atom. The summed E-state index contributed by atoms with van der Waals surface area (Å²) in [5.74, 6) is -1.11. The predicted octanol–water partition coefficient (Wildman–Crippen LogP) is 0.540. The number of carbonyl (C=O) groups is 1. The van der Waals surface area contributed by atoms with Crippen molar-refractivity contribution in [3.8, 4) is 5.75 Å². The number of pyridine rings is 1. The minimum atomic E-state index is -0.743. The Labute approximate surface area is 140 Å². The molecule has 0 bridgehead atoms. The number of aromatic nitrogens is 3. The lowest BCUT2D eigenvalue weighted by molar-refractivity contribution is -0.385. The van der Waals surface area contributed by atoms with Crippen LogP contribution in [0.4, 0.5) is 5.69 Å². The normalized spacial score (nSPS) is 10.7. The van der Waals surface area contributed by atoms with Crippen LogP contribution in [-0.2, 0) is 6.54 Å². The number of benzene rings is 1. The van der Waals surface area contributed by atoms with Crippen LogP contribution in [0.5, 0.6) is 5.75 Å². The number of amides is 1. The van der Waals surface area contributed by atoms with Gasteiger partial charge in [-0.05, 0) is 24.3 Å². The fraction of sp³-hybridized carbons (Fsp3) is 0.133. The first-order valence-electron chi connectivity index (χ1n) is 7.27. The molecule has 2 N–H and O–H groups in total. The van der Waals surface area contributed by atoms with E-state index in [1.165, 1.54) is 15.1 Å². The highest BCUT2D eigenvalue weighted by Gasteiger charge is 2.16. The molecule has 0 saturated carbocycles. The van der Waals surface area contributed by atoms with Crippen LogP contribution >= 0.6 is 0 Å². The zero-order chi connectivity index (χ0) is 18.0. The Bertz CT molecular complexity index is 1020. The molecule has 0 fully saturated rings. The van der Waals surface area contributed by atoms with Crippen molar-refractivity contribution in [3.63, 3.8) is 0 Å². The van der Waals surface area contributed by atoms with Crippen molar-refractivity contribution < 1.29 is 14.8 Å². The molecule has 128 valence electrons. The van der Waals surface area contributed by atoms with Crippen LogP contribution < -0.4 is 11.0 Å². The summed E-state index contributed by atoms with van der Waals surface area (Å²) in [7, 11) is 0. The number of aromatic hydroxyl groups is 1. The zero-order valence-corrected chi connectivity index (χ0v) is 12.8. The maximum atomic E-state index is 12.1. The average Bonchev–Trinajstić information content (AvgIpc) is 2.91. The summed E-state index contributed by atoms with van der Waals surface area (Å²) >= 11 is 0. The number of nitro benzene ring substituents is 1. The van der Waals surface area contributed by atoms with E-state index in [1.54, 1.807) is 24.4 Å². The van der Waals surface area contributed by atoms with Gasteiger partial charge in [-0.25, -0.2) is 9.48 Å². The third-order valence-electron chi connectivity index (χ3n) is 3.53. The van der Waals surface area contributed by atoms with E-state index in [1.807, 2.05) is 0 Å². The molecule has 10 nitrogen and oxygen atoms in total. The molecule has 1 aromatic carbocycles. The molecule has 0 atom stereocenters. The molecule has 0 aliphatic rings. The molecule has 3 aromatic rings. The van der Waals surface area contributed by atoms with Crippen molar-refractivity contribution in [1.82, 2.24) is 19.5 Å². The van der Waals surface area contributed by atoms with Crippen molar-refractivity contribution in [1.29, 1.82) is 0 Å². The monoisotopic (exact) mass is 343 g/mol. The first kappa shape index (κ1) is 16.2. The van der Waals surface area contributed by atoms with Crippen LogP contribution in [0.2, 0.25) is 0 Å². The van der Waals surface area contributed by atoms with E-state index >= 15 is 0 Å². The smallest absolute Gasteiger partial charge is 0.350 e. The van der Waals surface area contributed by atoms with Gasteiger partial charge in [0.15, 0.2) is 11.4 Å². The summed E-state index contributed by atoms with van der Waals surface area (Å²) in [5, 5.41) is 26.9. The Balaban J connectivity index is 1.66. The molecular weight excluding hydrogens is 330 g/mol. The van der Waals surface area contributed by atoms with Crippen LogP contribution in [0.1, 0.15) is 10.4 Å². The van der Waals surface area contributed by atoms with Gasteiger partial charge in [0.25, 0.3) is 5.91 Å². The number of nitrogens with zero attached hydrogens (tertiary/aromatic N) is 4. The van der Waals surface area contributed by atoms with Gasteiger partial charge in [-0.3, -0.25) is 19.3 Å². The molecule has 2 aromatic heterocycles. The minimum absolute atomic E-state index is 0.0745. The molecular formula is C15H13N5O5. The summed E-state index contributed by atoms with van der Waals surface area (Å²) in [6.07, 6.45) is 1.60. The van der Waals surface area contributed by atoms with E-state index in [0.717, 1.165) is 12.1 Å². The molecule has 0 aliphatic carbocycles. The SMILES string of the molecule is O=C(NCCn1nc2ccccn2c1=O)c1ccc([N+](=O)[O-])c(O)c1. The van der Waals surface area contributed by atoms with E-state index < -0.39 is 22.3 Å². The van der Waals surface area contributed by atoms with Crippen LogP contribution in [0.3, 0.4) is 0 Å². The number of nitrogens with one attached hydrogen (secondary N) is 1. The van der Waals surface area contributed by atoms with Crippen molar-refractivity contribution in [3.05, 3.63) is 68.8 Å². The number of carbonyl (C=O) groups excluding carboxylic acids is 1. The lowest BCUT2D eigenvalue weighted by Gasteiger charge is -2.05. The van der Waals surface area contributed by atoms with Gasteiger partial charge in [-0.2, -0.15) is 0 Å². The molecule has 3 rings (SSSR count). The minimum Gasteiger partial charge on any atom is -0.502 e. The van der Waals surface area contributed by atoms with Gasteiger partial charge >= 0.3 is 11.4 Å². The van der Waals surface area contributed by atoms with Crippen molar-refractivity contribution in [2.24, 2.45) is 0 Å². The van der Waals surface area contributed by atoms with Crippen LogP contribution in [0, 0.1) is 10.1 Å². The summed E-state index contributed by atoms with van der Waals surface area (Å²) in [6.45, 7) is 0.283. The molecule has 0 unspecified atom stereocenters. The van der Waals surface area contributed by atoms with Crippen LogP contribution in [-0.4, -0.2) is 36.7 Å². The maximum absolute atomic E-state index is 12.1. The fourth-order valence-electron chi connectivity index (χ4n) is 2.31. The van der Waals surface area contributed by atoms with Crippen LogP contribution in [0.15, 0.2) is 47.4 Å². The molecule has 25 heavy (non-hydrogen) atoms. The van der Waals surface area contributed by atoms with Gasteiger partial charge in [0.1, 0.15) is 0 Å². The number of fused-ring (bicyclic) bond motifs is 1. The molecule has 10 heteroatoms. The van der Waals surface area contributed by atoms with E-state index in [-0.39, 0.29) is 24.3 Å². The summed E-state index contributed by atoms with van der Waals surface area (Å²) in [4.78, 5) is 34.0. The van der Waals surface area contributed by atoms with E-state index in [9.17, 15) is 24.8 Å². The number of hydrogen-bond acceptors (Lipinski definition) is 6. The third-order valence-corrected chi connectivity index (χ3v) is 3.53. The van der Waals surface area contributed by atoms with E-state index in [4.69, 9.17) is 0 Å². The fourth-order valence-corrected chi connectivity index (χ4v) is 2.31. The Hall–Kier alpha value is -3.69. The molecule has 1 amide bonds. The maximum Gasteiger partial charge on any atom is 0.350 e. The second kappa shape index (κ2) is 6.43. The number of phenolic OH excluding ortho intramolecular Hbond substituents is 1. The number of phenols is 1. The van der Waals surface area contributed by atoms with Crippen molar-refractivity contribution >= 4 is 17.2 Å². The first-order chi connectivity index (χ1) is 12.0. The lowest BCUT2D eigenvalue weighted by atomic mass is 10.2. The largest absolute Gasteiger partial charge is 0.502 e. The Kier molecular flexibility index (Phi) is 4.16. The van der Waals surface area contributed by atoms with Gasteiger partial charge in [0.2, 0.25) is 0 Å². The molecule has 0 spiro atoms. The Morgan fingerprint density at radius 1 is 1.32 bits per heavy atom. The van der Waals surface area contributed by atoms with Crippen molar-refractivity contribution in [2.45, 2.75) is 6.54 Å². The third kappa shape index (κ3) is 3.17. The first-order valence-corrected chi connectivity index (χ1v) is 7.27.